The summed E-state index contributed by atoms with van der Waals surface area (Å²) < 4.78 is 1.77. The zero-order chi connectivity index (χ0) is 14.1. The van der Waals surface area contributed by atoms with E-state index in [0.29, 0.717) is 5.52 Å². The third-order valence-corrected chi connectivity index (χ3v) is 3.63. The average molecular weight is 273 g/mol. The Morgan fingerprint density at radius 3 is 2.70 bits per heavy atom. The van der Waals surface area contributed by atoms with Gasteiger partial charge in [-0.2, -0.15) is 0 Å². The highest BCUT2D eigenvalue weighted by molar-refractivity contribution is 5.92. The van der Waals surface area contributed by atoms with Gasteiger partial charge in [-0.25, -0.2) is 9.78 Å². The fraction of sp³-hybridized carbons (Fsp3) is 0.357. The van der Waals surface area contributed by atoms with E-state index in [2.05, 4.69) is 4.98 Å². The lowest BCUT2D eigenvalue weighted by Crippen LogP contribution is -2.30. The number of hydrogen-bond acceptors (Lipinski definition) is 3. The number of fused-ring (bicyclic) bond motifs is 1. The summed E-state index contributed by atoms with van der Waals surface area (Å²) in [5.74, 6) is -0.890. The second-order valence-corrected chi connectivity index (χ2v) is 4.97. The first-order valence-electron chi connectivity index (χ1n) is 6.61. The van der Waals surface area contributed by atoms with Gasteiger partial charge < -0.3 is 14.6 Å². The number of amides is 1. The second-order valence-electron chi connectivity index (χ2n) is 4.97. The van der Waals surface area contributed by atoms with Gasteiger partial charge in [-0.05, 0) is 31.0 Å². The quantitative estimate of drug-likeness (QED) is 0.916. The summed E-state index contributed by atoms with van der Waals surface area (Å²) in [6.07, 6.45) is 3.72. The van der Waals surface area contributed by atoms with Gasteiger partial charge in [0.05, 0.1) is 22.9 Å². The van der Waals surface area contributed by atoms with Crippen molar-refractivity contribution in [2.24, 2.45) is 0 Å². The minimum absolute atomic E-state index is 0.0871. The van der Waals surface area contributed by atoms with Crippen LogP contribution in [0.15, 0.2) is 24.5 Å². The van der Waals surface area contributed by atoms with Crippen LogP contribution in [0.4, 0.5) is 0 Å². The fourth-order valence-electron chi connectivity index (χ4n) is 2.54. The standard InChI is InChI=1S/C14H15N3O3/c18-13(16-5-1-2-6-16)8-17-9-15-11-7-10(14(19)20)3-4-12(11)17/h3-4,7,9H,1-2,5-6,8H2,(H,19,20). The van der Waals surface area contributed by atoms with Gasteiger partial charge in [0, 0.05) is 13.1 Å². The van der Waals surface area contributed by atoms with Crippen LogP contribution < -0.4 is 0 Å². The van der Waals surface area contributed by atoms with E-state index in [1.165, 1.54) is 12.1 Å². The SMILES string of the molecule is O=C(O)c1ccc2c(c1)ncn2CC(=O)N1CCCC1. The highest BCUT2D eigenvalue weighted by Gasteiger charge is 2.18. The molecule has 1 fully saturated rings. The third-order valence-electron chi connectivity index (χ3n) is 3.63. The largest absolute Gasteiger partial charge is 0.478 e. The van der Waals surface area contributed by atoms with Crippen LogP contribution in [0.25, 0.3) is 11.0 Å². The number of carbonyl (C=O) groups is 2. The highest BCUT2D eigenvalue weighted by atomic mass is 16.4. The first-order valence-corrected chi connectivity index (χ1v) is 6.61. The summed E-state index contributed by atoms with van der Waals surface area (Å²) in [5.41, 5.74) is 1.58. The maximum absolute atomic E-state index is 12.1. The summed E-state index contributed by atoms with van der Waals surface area (Å²) in [7, 11) is 0. The minimum atomic E-state index is -0.977. The van der Waals surface area contributed by atoms with Crippen molar-refractivity contribution in [1.29, 1.82) is 0 Å². The Morgan fingerprint density at radius 1 is 1.25 bits per heavy atom. The van der Waals surface area contributed by atoms with Crippen LogP contribution in [0.3, 0.4) is 0 Å². The summed E-state index contributed by atoms with van der Waals surface area (Å²) in [6, 6.07) is 4.75. The lowest BCUT2D eigenvalue weighted by atomic mass is 10.2. The molecule has 1 aromatic heterocycles. The number of carboxylic acids is 1. The molecule has 6 nitrogen and oxygen atoms in total. The number of nitrogens with zero attached hydrogens (tertiary/aromatic N) is 3. The Balaban J connectivity index is 1.85. The second kappa shape index (κ2) is 4.96. The number of likely N-dealkylation sites (tertiary alicyclic amines) is 1. The number of rotatable bonds is 3. The molecule has 20 heavy (non-hydrogen) atoms. The van der Waals surface area contributed by atoms with Crippen molar-refractivity contribution in [3.8, 4) is 0 Å². The molecule has 1 aliphatic rings. The topological polar surface area (TPSA) is 75.4 Å². The average Bonchev–Trinajstić information content (AvgIpc) is 3.07. The Hall–Kier alpha value is -2.37. The van der Waals surface area contributed by atoms with Crippen LogP contribution in [-0.4, -0.2) is 44.5 Å². The van der Waals surface area contributed by atoms with E-state index in [1.54, 1.807) is 17.0 Å². The minimum Gasteiger partial charge on any atom is -0.478 e. The number of carbonyl (C=O) groups excluding carboxylic acids is 1. The van der Waals surface area contributed by atoms with Crippen molar-refractivity contribution in [1.82, 2.24) is 14.5 Å². The lowest BCUT2D eigenvalue weighted by molar-refractivity contribution is -0.130. The molecule has 6 heteroatoms. The van der Waals surface area contributed by atoms with Crippen LogP contribution >= 0.6 is 0 Å². The first-order chi connectivity index (χ1) is 9.65. The van der Waals surface area contributed by atoms with Gasteiger partial charge in [0.25, 0.3) is 0 Å². The Bertz CT molecular complexity index is 671. The molecular weight excluding hydrogens is 258 g/mol. The van der Waals surface area contributed by atoms with Gasteiger partial charge in [-0.15, -0.1) is 0 Å². The molecule has 0 atom stereocenters. The van der Waals surface area contributed by atoms with E-state index in [4.69, 9.17) is 5.11 Å². The number of carboxylic acid groups (broad SMARTS) is 1. The van der Waals surface area contributed by atoms with Crippen LogP contribution in [-0.2, 0) is 11.3 Å². The molecule has 0 radical (unpaired) electrons. The Morgan fingerprint density at radius 2 is 2.00 bits per heavy atom. The van der Waals surface area contributed by atoms with Gasteiger partial charge in [0.2, 0.25) is 5.91 Å². The van der Waals surface area contributed by atoms with E-state index < -0.39 is 5.97 Å². The van der Waals surface area contributed by atoms with E-state index in [1.807, 2.05) is 4.90 Å². The highest BCUT2D eigenvalue weighted by Crippen LogP contribution is 2.16. The van der Waals surface area contributed by atoms with Crippen molar-refractivity contribution in [2.75, 3.05) is 13.1 Å². The van der Waals surface area contributed by atoms with Crippen molar-refractivity contribution < 1.29 is 14.7 Å². The molecule has 1 saturated heterocycles. The molecule has 0 bridgehead atoms. The zero-order valence-electron chi connectivity index (χ0n) is 11.0. The predicted molar refractivity (Wildman–Crippen MR) is 72.5 cm³/mol. The molecule has 104 valence electrons. The number of hydrogen-bond donors (Lipinski definition) is 1. The van der Waals surface area contributed by atoms with E-state index in [0.717, 1.165) is 31.4 Å². The molecule has 1 aromatic carbocycles. The number of aromatic nitrogens is 2. The van der Waals surface area contributed by atoms with Crippen molar-refractivity contribution in [2.45, 2.75) is 19.4 Å². The normalized spacial score (nSPS) is 14.9. The van der Waals surface area contributed by atoms with Crippen LogP contribution in [0.5, 0.6) is 0 Å². The molecule has 2 aromatic rings. The van der Waals surface area contributed by atoms with Crippen LogP contribution in [0, 0.1) is 0 Å². The van der Waals surface area contributed by atoms with Gasteiger partial charge in [-0.3, -0.25) is 4.79 Å². The summed E-state index contributed by atoms with van der Waals surface area (Å²) >= 11 is 0. The summed E-state index contributed by atoms with van der Waals surface area (Å²) in [4.78, 5) is 29.1. The lowest BCUT2D eigenvalue weighted by Gasteiger charge is -2.15. The maximum Gasteiger partial charge on any atom is 0.335 e. The van der Waals surface area contributed by atoms with Crippen molar-refractivity contribution in [3.63, 3.8) is 0 Å². The molecular formula is C14H15N3O3. The van der Waals surface area contributed by atoms with Crippen molar-refractivity contribution in [3.05, 3.63) is 30.1 Å². The van der Waals surface area contributed by atoms with E-state index in [9.17, 15) is 9.59 Å². The maximum atomic E-state index is 12.1. The Kier molecular flexibility index (Phi) is 3.14. The number of aromatic carboxylic acids is 1. The number of benzene rings is 1. The zero-order valence-corrected chi connectivity index (χ0v) is 11.0. The predicted octanol–water partition coefficient (Wildman–Crippen LogP) is 1.36. The first kappa shape index (κ1) is 12.7. The fourth-order valence-corrected chi connectivity index (χ4v) is 2.54. The van der Waals surface area contributed by atoms with E-state index in [-0.39, 0.29) is 18.0 Å². The van der Waals surface area contributed by atoms with E-state index >= 15 is 0 Å². The molecule has 1 N–H and O–H groups in total. The number of imidazole rings is 1. The molecule has 0 saturated carbocycles. The van der Waals surface area contributed by atoms with Gasteiger partial charge in [0.15, 0.2) is 0 Å². The third kappa shape index (κ3) is 2.24. The van der Waals surface area contributed by atoms with Crippen LogP contribution in [0.2, 0.25) is 0 Å². The van der Waals surface area contributed by atoms with Crippen molar-refractivity contribution >= 4 is 22.9 Å². The summed E-state index contributed by atoms with van der Waals surface area (Å²) in [6.45, 7) is 1.91. The smallest absolute Gasteiger partial charge is 0.335 e. The molecule has 1 aliphatic heterocycles. The molecule has 0 unspecified atom stereocenters. The monoisotopic (exact) mass is 273 g/mol. The molecule has 2 heterocycles. The summed E-state index contributed by atoms with van der Waals surface area (Å²) in [5, 5.41) is 8.94. The van der Waals surface area contributed by atoms with Gasteiger partial charge in [-0.1, -0.05) is 0 Å². The molecule has 0 spiro atoms. The van der Waals surface area contributed by atoms with Crippen LogP contribution in [0.1, 0.15) is 23.2 Å². The van der Waals surface area contributed by atoms with Gasteiger partial charge >= 0.3 is 5.97 Å². The molecule has 0 aliphatic carbocycles. The molecule has 3 rings (SSSR count). The Labute approximate surface area is 115 Å². The van der Waals surface area contributed by atoms with Gasteiger partial charge in [0.1, 0.15) is 6.54 Å². The molecule has 1 amide bonds.